The van der Waals surface area contributed by atoms with Crippen LogP contribution >= 0.6 is 15.9 Å². The summed E-state index contributed by atoms with van der Waals surface area (Å²) in [6, 6.07) is 0. The van der Waals surface area contributed by atoms with Crippen LogP contribution < -0.4 is 0 Å². The number of hydrogen-bond donors (Lipinski definition) is 0. The number of fused-ring (bicyclic) bond motifs is 1. The minimum atomic E-state index is 0.448. The highest BCUT2D eigenvalue weighted by Gasteiger charge is 2.18. The van der Waals surface area contributed by atoms with Gasteiger partial charge in [0.15, 0.2) is 0 Å². The van der Waals surface area contributed by atoms with Crippen molar-refractivity contribution in [1.29, 1.82) is 0 Å². The van der Waals surface area contributed by atoms with Gasteiger partial charge in [0.2, 0.25) is 0 Å². The van der Waals surface area contributed by atoms with Crippen LogP contribution in [0.25, 0.3) is 16.5 Å². The zero-order valence-corrected chi connectivity index (χ0v) is 13.8. The van der Waals surface area contributed by atoms with E-state index in [-0.39, 0.29) is 0 Å². The van der Waals surface area contributed by atoms with Crippen LogP contribution in [0.15, 0.2) is 18.2 Å². The van der Waals surface area contributed by atoms with Gasteiger partial charge in [-0.25, -0.2) is 0 Å². The maximum atomic E-state index is 4.27. The van der Waals surface area contributed by atoms with Crippen molar-refractivity contribution >= 4 is 32.4 Å². The first-order valence-electron chi connectivity index (χ1n) is 6.85. The molecule has 0 aliphatic heterocycles. The standard InChI is InChI=1S/C16H18BrN3/c1-9-15-11(3)20(14-7-5-13(17)6-8-14)12(4)16(15)10(2)19-18-9/h5,7-8,13H,6H2,1-4H3. The molecule has 0 amide bonds. The summed E-state index contributed by atoms with van der Waals surface area (Å²) in [5.74, 6) is 0. The van der Waals surface area contributed by atoms with Gasteiger partial charge in [0.25, 0.3) is 0 Å². The number of aryl methyl sites for hydroxylation is 4. The van der Waals surface area contributed by atoms with Crippen molar-refractivity contribution in [3.63, 3.8) is 0 Å². The highest BCUT2D eigenvalue weighted by molar-refractivity contribution is 9.09. The van der Waals surface area contributed by atoms with Crippen LogP contribution in [0.4, 0.5) is 0 Å². The van der Waals surface area contributed by atoms with Gasteiger partial charge in [-0.15, -0.1) is 0 Å². The molecular weight excluding hydrogens is 314 g/mol. The summed E-state index contributed by atoms with van der Waals surface area (Å²) >= 11 is 3.62. The van der Waals surface area contributed by atoms with E-state index in [1.807, 2.05) is 13.8 Å². The van der Waals surface area contributed by atoms with E-state index in [2.05, 4.69) is 62.8 Å². The third kappa shape index (κ3) is 1.94. The van der Waals surface area contributed by atoms with Crippen molar-refractivity contribution in [1.82, 2.24) is 14.8 Å². The second-order valence-corrected chi connectivity index (χ2v) is 6.54. The molecular formula is C16H18BrN3. The van der Waals surface area contributed by atoms with Crippen LogP contribution in [-0.4, -0.2) is 19.6 Å². The van der Waals surface area contributed by atoms with E-state index in [1.165, 1.54) is 27.9 Å². The summed E-state index contributed by atoms with van der Waals surface area (Å²) < 4.78 is 2.32. The molecule has 0 bridgehead atoms. The van der Waals surface area contributed by atoms with Crippen LogP contribution in [0.1, 0.15) is 29.2 Å². The van der Waals surface area contributed by atoms with E-state index in [4.69, 9.17) is 0 Å². The molecule has 3 rings (SSSR count). The van der Waals surface area contributed by atoms with Gasteiger partial charge in [-0.1, -0.05) is 28.1 Å². The molecule has 0 spiro atoms. The Labute approximate surface area is 127 Å². The number of hydrogen-bond acceptors (Lipinski definition) is 2. The minimum absolute atomic E-state index is 0.448. The first-order valence-corrected chi connectivity index (χ1v) is 7.76. The van der Waals surface area contributed by atoms with Gasteiger partial charge in [-0.2, -0.15) is 10.2 Å². The highest BCUT2D eigenvalue weighted by atomic mass is 79.9. The summed E-state index contributed by atoms with van der Waals surface area (Å²) in [5, 5.41) is 11.0. The van der Waals surface area contributed by atoms with Crippen molar-refractivity contribution in [3.05, 3.63) is 41.0 Å². The fourth-order valence-corrected chi connectivity index (χ4v) is 3.45. The summed E-state index contributed by atoms with van der Waals surface area (Å²) in [5.41, 5.74) is 5.74. The van der Waals surface area contributed by atoms with E-state index in [0.717, 1.165) is 17.8 Å². The Hall–Kier alpha value is -1.42. The molecule has 1 unspecified atom stereocenters. The molecule has 3 nitrogen and oxygen atoms in total. The topological polar surface area (TPSA) is 30.7 Å². The largest absolute Gasteiger partial charge is 0.317 e. The van der Waals surface area contributed by atoms with Gasteiger partial charge in [-0.3, -0.25) is 0 Å². The smallest absolute Gasteiger partial charge is 0.0696 e. The lowest BCUT2D eigenvalue weighted by molar-refractivity contribution is 0.964. The van der Waals surface area contributed by atoms with Crippen LogP contribution in [0.2, 0.25) is 0 Å². The summed E-state index contributed by atoms with van der Waals surface area (Å²) in [6.07, 6.45) is 7.69. The predicted octanol–water partition coefficient (Wildman–Crippen LogP) is 4.23. The molecule has 1 aliphatic carbocycles. The van der Waals surface area contributed by atoms with Crippen molar-refractivity contribution in [2.75, 3.05) is 0 Å². The number of nitrogens with zero attached hydrogens (tertiary/aromatic N) is 3. The van der Waals surface area contributed by atoms with Gasteiger partial charge in [0, 0.05) is 32.7 Å². The lowest BCUT2D eigenvalue weighted by atomic mass is 10.1. The number of rotatable bonds is 1. The fourth-order valence-electron chi connectivity index (χ4n) is 3.11. The maximum absolute atomic E-state index is 4.27. The van der Waals surface area contributed by atoms with Crippen molar-refractivity contribution in [3.8, 4) is 0 Å². The molecule has 1 aliphatic rings. The molecule has 0 fully saturated rings. The average Bonchev–Trinajstić information content (AvgIpc) is 2.69. The molecule has 20 heavy (non-hydrogen) atoms. The third-order valence-corrected chi connectivity index (χ3v) is 4.68. The molecule has 2 heterocycles. The molecule has 104 valence electrons. The number of alkyl halides is 1. The molecule has 0 aromatic carbocycles. The van der Waals surface area contributed by atoms with Crippen LogP contribution in [-0.2, 0) is 0 Å². The Kier molecular flexibility index (Phi) is 3.28. The molecule has 2 aromatic heterocycles. The Bertz CT molecular complexity index is 708. The van der Waals surface area contributed by atoms with Gasteiger partial charge in [0.05, 0.1) is 11.4 Å². The summed E-state index contributed by atoms with van der Waals surface area (Å²) in [4.78, 5) is 0.448. The Morgan fingerprint density at radius 1 is 1.05 bits per heavy atom. The Morgan fingerprint density at radius 2 is 1.60 bits per heavy atom. The highest BCUT2D eigenvalue weighted by Crippen LogP contribution is 2.33. The van der Waals surface area contributed by atoms with E-state index in [1.54, 1.807) is 0 Å². The zero-order chi connectivity index (χ0) is 14.4. The number of aromatic nitrogens is 3. The van der Waals surface area contributed by atoms with Crippen molar-refractivity contribution < 1.29 is 0 Å². The van der Waals surface area contributed by atoms with Gasteiger partial charge in [-0.05, 0) is 40.2 Å². The van der Waals surface area contributed by atoms with Crippen molar-refractivity contribution in [2.45, 2.75) is 38.9 Å². The monoisotopic (exact) mass is 331 g/mol. The third-order valence-electron chi connectivity index (χ3n) is 4.00. The van der Waals surface area contributed by atoms with Crippen molar-refractivity contribution in [2.24, 2.45) is 0 Å². The minimum Gasteiger partial charge on any atom is -0.317 e. The van der Waals surface area contributed by atoms with E-state index >= 15 is 0 Å². The predicted molar refractivity (Wildman–Crippen MR) is 87.2 cm³/mol. The van der Waals surface area contributed by atoms with Gasteiger partial charge in [0.1, 0.15) is 0 Å². The second-order valence-electron chi connectivity index (χ2n) is 5.37. The molecule has 1 atom stereocenters. The molecule has 4 heteroatoms. The fraction of sp³-hybridized carbons (Fsp3) is 0.375. The maximum Gasteiger partial charge on any atom is 0.0696 e. The second kappa shape index (κ2) is 4.85. The first-order chi connectivity index (χ1) is 9.50. The van der Waals surface area contributed by atoms with E-state index < -0.39 is 0 Å². The molecule has 0 radical (unpaired) electrons. The lowest BCUT2D eigenvalue weighted by Gasteiger charge is -2.15. The van der Waals surface area contributed by atoms with Crippen LogP contribution in [0.5, 0.6) is 0 Å². The van der Waals surface area contributed by atoms with E-state index in [9.17, 15) is 0 Å². The summed E-state index contributed by atoms with van der Waals surface area (Å²) in [7, 11) is 0. The summed E-state index contributed by atoms with van der Waals surface area (Å²) in [6.45, 7) is 8.40. The SMILES string of the molecule is Cc1nnc(C)c2c(C)n(C3=CCC(Br)C=C3)c(C)c12. The van der Waals surface area contributed by atoms with E-state index in [0.29, 0.717) is 4.83 Å². The quantitative estimate of drug-likeness (QED) is 0.732. The van der Waals surface area contributed by atoms with Gasteiger partial charge >= 0.3 is 0 Å². The normalized spacial score (nSPS) is 18.6. The number of allylic oxidation sites excluding steroid dienone is 4. The zero-order valence-electron chi connectivity index (χ0n) is 12.2. The molecule has 0 N–H and O–H groups in total. The van der Waals surface area contributed by atoms with Crippen LogP contribution in [0, 0.1) is 27.7 Å². The lowest BCUT2D eigenvalue weighted by Crippen LogP contribution is -2.05. The molecule has 0 saturated carbocycles. The first kappa shape index (κ1) is 13.6. The number of halogens is 1. The van der Waals surface area contributed by atoms with Crippen LogP contribution in [0.3, 0.4) is 0 Å². The Balaban J connectivity index is 2.31. The van der Waals surface area contributed by atoms with Gasteiger partial charge < -0.3 is 4.57 Å². The molecule has 0 saturated heterocycles. The Morgan fingerprint density at radius 3 is 2.05 bits per heavy atom. The average molecular weight is 332 g/mol. The molecule has 2 aromatic rings.